The fourth-order valence-electron chi connectivity index (χ4n) is 0.141. The maximum Gasteiger partial charge on any atom is 0.272 e. The molecule has 0 radical (unpaired) electrons. The Morgan fingerprint density at radius 3 is 2.43 bits per heavy atom. The molecule has 0 rings (SSSR count). The minimum absolute atomic E-state index is 0.552. The lowest BCUT2D eigenvalue weighted by atomic mass is 10.8. The van der Waals surface area contributed by atoms with Gasteiger partial charge in [0, 0.05) is 0 Å². The molecule has 0 fully saturated rings. The van der Waals surface area contributed by atoms with Crippen LogP contribution in [0, 0.1) is 0 Å². The number of hydrogen-bond donors (Lipinski definition) is 0. The lowest BCUT2D eigenvalue weighted by molar-refractivity contribution is 0.0606. The highest BCUT2D eigenvalue weighted by molar-refractivity contribution is 4.48. The van der Waals surface area contributed by atoms with Crippen LogP contribution >= 0.6 is 0 Å². The lowest BCUT2D eigenvalue weighted by Gasteiger charge is -1.94. The highest BCUT2D eigenvalue weighted by Crippen LogP contribution is 1.90. The van der Waals surface area contributed by atoms with Gasteiger partial charge in [-0.1, -0.05) is 6.58 Å². The monoisotopic (exact) mass is 108 g/mol. The van der Waals surface area contributed by atoms with Gasteiger partial charge in [0.1, 0.15) is 6.61 Å². The molecule has 0 unspecified atom stereocenters. The molecular formula is C4H6F2O. The molecule has 0 bridgehead atoms. The van der Waals surface area contributed by atoms with Crippen molar-refractivity contribution in [3.05, 3.63) is 12.8 Å². The quantitative estimate of drug-likeness (QED) is 0.496. The van der Waals surface area contributed by atoms with Gasteiger partial charge in [0.05, 0.1) is 6.26 Å². The van der Waals surface area contributed by atoms with Crippen molar-refractivity contribution in [2.45, 2.75) is 6.43 Å². The first-order valence-electron chi connectivity index (χ1n) is 1.78. The van der Waals surface area contributed by atoms with Crippen LogP contribution in [0.1, 0.15) is 0 Å². The van der Waals surface area contributed by atoms with Crippen LogP contribution in [0.5, 0.6) is 0 Å². The summed E-state index contributed by atoms with van der Waals surface area (Å²) in [6, 6.07) is 0. The van der Waals surface area contributed by atoms with Crippen molar-refractivity contribution in [1.29, 1.82) is 0 Å². The second-order valence-corrected chi connectivity index (χ2v) is 0.891. The fraction of sp³-hybridized carbons (Fsp3) is 0.500. The van der Waals surface area contributed by atoms with E-state index in [4.69, 9.17) is 0 Å². The molecule has 0 aliphatic heterocycles. The van der Waals surface area contributed by atoms with E-state index in [1.807, 2.05) is 0 Å². The van der Waals surface area contributed by atoms with Crippen molar-refractivity contribution in [2.75, 3.05) is 6.61 Å². The summed E-state index contributed by atoms with van der Waals surface area (Å²) in [5, 5.41) is 0. The number of halogens is 2. The molecule has 7 heavy (non-hydrogen) atoms. The van der Waals surface area contributed by atoms with Crippen LogP contribution in [0.15, 0.2) is 12.8 Å². The van der Waals surface area contributed by atoms with E-state index in [1.165, 1.54) is 0 Å². The van der Waals surface area contributed by atoms with Crippen molar-refractivity contribution < 1.29 is 13.5 Å². The van der Waals surface area contributed by atoms with E-state index in [1.54, 1.807) is 0 Å². The number of ether oxygens (including phenoxy) is 1. The summed E-state index contributed by atoms with van der Waals surface area (Å²) < 4.78 is 26.2. The molecule has 0 aromatic carbocycles. The standard InChI is InChI=1S/C4H6F2O/c1-2-7-3-4(5)6/h2,4H,1,3H2. The molecule has 3 heteroatoms. The van der Waals surface area contributed by atoms with Gasteiger partial charge in [-0.2, -0.15) is 0 Å². The van der Waals surface area contributed by atoms with E-state index in [2.05, 4.69) is 11.3 Å². The van der Waals surface area contributed by atoms with Gasteiger partial charge in [-0.15, -0.1) is 0 Å². The molecule has 0 amide bonds. The molecule has 0 atom stereocenters. The maximum atomic E-state index is 11.0. The van der Waals surface area contributed by atoms with Gasteiger partial charge in [-0.3, -0.25) is 0 Å². The number of alkyl halides is 2. The molecule has 42 valence electrons. The summed E-state index contributed by atoms with van der Waals surface area (Å²) in [4.78, 5) is 0. The Labute approximate surface area is 40.6 Å². The largest absolute Gasteiger partial charge is 0.496 e. The Balaban J connectivity index is 2.81. The van der Waals surface area contributed by atoms with E-state index in [-0.39, 0.29) is 0 Å². The minimum Gasteiger partial charge on any atom is -0.496 e. The lowest BCUT2D eigenvalue weighted by Crippen LogP contribution is -1.98. The zero-order valence-electron chi connectivity index (χ0n) is 3.73. The highest BCUT2D eigenvalue weighted by Gasteiger charge is 1.97. The minimum atomic E-state index is -2.39. The molecule has 0 aliphatic carbocycles. The van der Waals surface area contributed by atoms with Gasteiger partial charge in [-0.05, 0) is 0 Å². The first kappa shape index (κ1) is 6.40. The molecule has 0 aromatic heterocycles. The first-order chi connectivity index (χ1) is 3.27. The summed E-state index contributed by atoms with van der Waals surface area (Å²) in [6.07, 6.45) is -1.40. The fourth-order valence-corrected chi connectivity index (χ4v) is 0.141. The number of hydrogen-bond acceptors (Lipinski definition) is 1. The second kappa shape index (κ2) is 3.59. The molecule has 0 N–H and O–H groups in total. The Morgan fingerprint density at radius 2 is 2.29 bits per heavy atom. The van der Waals surface area contributed by atoms with Crippen LogP contribution < -0.4 is 0 Å². The Kier molecular flexibility index (Phi) is 3.28. The second-order valence-electron chi connectivity index (χ2n) is 0.891. The zero-order valence-corrected chi connectivity index (χ0v) is 3.73. The van der Waals surface area contributed by atoms with E-state index in [0.29, 0.717) is 0 Å². The summed E-state index contributed by atoms with van der Waals surface area (Å²) in [5.41, 5.74) is 0. The van der Waals surface area contributed by atoms with Gasteiger partial charge in [0.15, 0.2) is 0 Å². The molecule has 0 saturated heterocycles. The Bertz CT molecular complexity index is 53.7. The Hall–Kier alpha value is -0.600. The normalized spacial score (nSPS) is 9.00. The van der Waals surface area contributed by atoms with Crippen LogP contribution in [-0.2, 0) is 4.74 Å². The van der Waals surface area contributed by atoms with Crippen LogP contribution in [0.4, 0.5) is 8.78 Å². The molecule has 0 spiro atoms. The molecular weight excluding hydrogens is 102 g/mol. The summed E-state index contributed by atoms with van der Waals surface area (Å²) in [5.74, 6) is 0. The third kappa shape index (κ3) is 5.40. The Morgan fingerprint density at radius 1 is 1.71 bits per heavy atom. The highest BCUT2D eigenvalue weighted by atomic mass is 19.3. The van der Waals surface area contributed by atoms with Crippen LogP contribution in [0.25, 0.3) is 0 Å². The summed E-state index contributed by atoms with van der Waals surface area (Å²) in [7, 11) is 0. The summed E-state index contributed by atoms with van der Waals surface area (Å²) in [6.45, 7) is 2.52. The van der Waals surface area contributed by atoms with E-state index < -0.39 is 13.0 Å². The average molecular weight is 108 g/mol. The smallest absolute Gasteiger partial charge is 0.272 e. The van der Waals surface area contributed by atoms with Crippen LogP contribution in [-0.4, -0.2) is 13.0 Å². The topological polar surface area (TPSA) is 9.23 Å². The summed E-state index contributed by atoms with van der Waals surface area (Å²) >= 11 is 0. The molecule has 0 aromatic rings. The van der Waals surface area contributed by atoms with Gasteiger partial charge < -0.3 is 4.74 Å². The van der Waals surface area contributed by atoms with Gasteiger partial charge in [-0.25, -0.2) is 8.78 Å². The molecule has 0 heterocycles. The first-order valence-corrected chi connectivity index (χ1v) is 1.78. The SMILES string of the molecule is C=COCC(F)F. The van der Waals surface area contributed by atoms with Crippen LogP contribution in [0.3, 0.4) is 0 Å². The maximum absolute atomic E-state index is 11.0. The van der Waals surface area contributed by atoms with E-state index >= 15 is 0 Å². The van der Waals surface area contributed by atoms with Gasteiger partial charge in [0.2, 0.25) is 0 Å². The van der Waals surface area contributed by atoms with Crippen LogP contribution in [0.2, 0.25) is 0 Å². The van der Waals surface area contributed by atoms with E-state index in [9.17, 15) is 8.78 Å². The van der Waals surface area contributed by atoms with Gasteiger partial charge >= 0.3 is 0 Å². The predicted octanol–water partition coefficient (Wildman–Crippen LogP) is 1.41. The molecule has 0 saturated carbocycles. The van der Waals surface area contributed by atoms with Crippen molar-refractivity contribution in [1.82, 2.24) is 0 Å². The van der Waals surface area contributed by atoms with Crippen molar-refractivity contribution in [2.24, 2.45) is 0 Å². The van der Waals surface area contributed by atoms with Gasteiger partial charge in [0.25, 0.3) is 6.43 Å². The third-order valence-corrected chi connectivity index (χ3v) is 0.340. The van der Waals surface area contributed by atoms with Crippen molar-refractivity contribution in [3.63, 3.8) is 0 Å². The predicted molar refractivity (Wildman–Crippen MR) is 22.2 cm³/mol. The van der Waals surface area contributed by atoms with E-state index in [0.717, 1.165) is 6.26 Å². The van der Waals surface area contributed by atoms with Crippen molar-refractivity contribution in [3.8, 4) is 0 Å². The number of rotatable bonds is 3. The molecule has 1 nitrogen and oxygen atoms in total. The average Bonchev–Trinajstić information content (AvgIpc) is 1.61. The zero-order chi connectivity index (χ0) is 5.70. The van der Waals surface area contributed by atoms with Crippen molar-refractivity contribution >= 4 is 0 Å². The molecule has 0 aliphatic rings. The third-order valence-electron chi connectivity index (χ3n) is 0.340.